The van der Waals surface area contributed by atoms with Crippen LogP contribution in [-0.4, -0.2) is 51.4 Å². The number of benzene rings is 2. The average Bonchev–Trinajstić information content (AvgIpc) is 3.76. The molecule has 0 unspecified atom stereocenters. The molecule has 2 aromatic carbocycles. The zero-order chi connectivity index (χ0) is 33.6. The monoisotopic (exact) mass is 842 g/mol. The largest absolute Gasteiger partial charge is 0.572 e. The van der Waals surface area contributed by atoms with Crippen molar-refractivity contribution in [1.82, 2.24) is 29.8 Å². The number of alkyl halides is 6. The number of imidazole rings is 1. The van der Waals surface area contributed by atoms with Crippen LogP contribution in [0.3, 0.4) is 0 Å². The molecule has 0 aliphatic carbocycles. The van der Waals surface area contributed by atoms with E-state index in [0.29, 0.717) is 6.07 Å². The second-order valence-corrected chi connectivity index (χ2v) is 9.91. The molecule has 6 rings (SSSR count). The van der Waals surface area contributed by atoms with Gasteiger partial charge in [-0.15, -0.1) is 55.0 Å². The number of aromatic nitrogens is 4. The number of aryl methyl sites for hydroxylation is 1. The van der Waals surface area contributed by atoms with Crippen LogP contribution in [0.2, 0.25) is 0 Å². The van der Waals surface area contributed by atoms with Gasteiger partial charge < -0.3 is 34.6 Å². The van der Waals surface area contributed by atoms with Gasteiger partial charge in [0.25, 0.3) is 0 Å². The summed E-state index contributed by atoms with van der Waals surface area (Å²) in [5.41, 5.74) is -1.59. The van der Waals surface area contributed by atoms with E-state index in [0.717, 1.165) is 18.2 Å². The molecule has 2 aliphatic heterocycles. The number of anilines is 2. The van der Waals surface area contributed by atoms with Crippen LogP contribution in [-0.2, 0) is 39.5 Å². The predicted octanol–water partition coefficient (Wildman–Crippen LogP) is 5.64. The van der Waals surface area contributed by atoms with Crippen LogP contribution in [0.4, 0.5) is 46.5 Å². The Balaban J connectivity index is 0.000000209. The summed E-state index contributed by atoms with van der Waals surface area (Å²) in [7, 11) is 4.89. The van der Waals surface area contributed by atoms with Gasteiger partial charge in [0.2, 0.25) is 0 Å². The van der Waals surface area contributed by atoms with E-state index in [2.05, 4.69) is 37.5 Å². The molecular weight excluding hydrogens is 821 g/mol. The summed E-state index contributed by atoms with van der Waals surface area (Å²) in [5.74, 6) is -1.58. The second-order valence-electron chi connectivity index (χ2n) is 9.91. The molecule has 4 aromatic rings. The van der Waals surface area contributed by atoms with Gasteiger partial charge in [-0.1, -0.05) is 22.9 Å². The van der Waals surface area contributed by atoms with E-state index in [-0.39, 0.29) is 59.8 Å². The number of hydrazone groups is 2. The smallest absolute Gasteiger partial charge is 0.431 e. The van der Waals surface area contributed by atoms with Crippen molar-refractivity contribution in [2.45, 2.75) is 19.3 Å². The number of halogens is 8. The Morgan fingerprint density at radius 3 is 1.87 bits per heavy atom. The minimum absolute atomic E-state index is 0. The maximum Gasteiger partial charge on any atom is 0.431 e. The molecule has 0 amide bonds. The van der Waals surface area contributed by atoms with Gasteiger partial charge >= 0.3 is 12.4 Å². The average molecular weight is 842 g/mol. The van der Waals surface area contributed by atoms with Crippen LogP contribution < -0.4 is 14.9 Å². The Labute approximate surface area is 276 Å². The van der Waals surface area contributed by atoms with E-state index in [9.17, 15) is 35.1 Å². The Kier molecular flexibility index (Phi) is 10.0. The van der Waals surface area contributed by atoms with E-state index in [1.54, 1.807) is 27.4 Å². The molecule has 0 atom stereocenters. The summed E-state index contributed by atoms with van der Waals surface area (Å²) in [5, 5.41) is 17.6. The SMILES string of the molecule is CN1[CH-]N(c2[c-]c(N3C=NN(C)[CH-]3)cc(C(F)(F)F)c2)C=N1.Cc1c(C(F)(F)F)n[n-]c1-c1nc(-c2[c-]cc(F)cc2F)cn1C.[Ir]. The third kappa shape index (κ3) is 7.73. The minimum atomic E-state index is -4.62. The number of rotatable bonds is 4. The third-order valence-electron chi connectivity index (χ3n) is 6.45. The Morgan fingerprint density at radius 2 is 1.43 bits per heavy atom. The first kappa shape index (κ1) is 35.3. The molecule has 47 heavy (non-hydrogen) atoms. The molecule has 0 fully saturated rings. The molecular formula is C28H21F8IrN10-5. The Bertz CT molecular complexity index is 1750. The first-order chi connectivity index (χ1) is 21.5. The molecule has 1 radical (unpaired) electrons. The topological polar surface area (TPSA) is 82.5 Å². The number of hydrogen-bond donors (Lipinski definition) is 0. The predicted molar refractivity (Wildman–Crippen MR) is 150 cm³/mol. The Hall–Kier alpha value is -4.51. The Morgan fingerprint density at radius 1 is 0.851 bits per heavy atom. The van der Waals surface area contributed by atoms with Gasteiger partial charge in [0.05, 0.1) is 12.7 Å². The summed E-state index contributed by atoms with van der Waals surface area (Å²) in [6, 6.07) is 9.03. The molecule has 0 saturated heterocycles. The van der Waals surface area contributed by atoms with Gasteiger partial charge in [-0.3, -0.25) is 13.8 Å². The van der Waals surface area contributed by atoms with Crippen LogP contribution >= 0.6 is 0 Å². The molecule has 19 heteroatoms. The molecule has 0 spiro atoms. The molecule has 10 nitrogen and oxygen atoms in total. The van der Waals surface area contributed by atoms with Gasteiger partial charge in [0, 0.05) is 44.5 Å². The molecule has 253 valence electrons. The fourth-order valence-electron chi connectivity index (χ4n) is 4.28. The quantitative estimate of drug-likeness (QED) is 0.195. The van der Waals surface area contributed by atoms with Crippen molar-refractivity contribution >= 4 is 24.1 Å². The van der Waals surface area contributed by atoms with Crippen molar-refractivity contribution < 1.29 is 55.2 Å². The van der Waals surface area contributed by atoms with E-state index < -0.39 is 35.2 Å². The maximum atomic E-state index is 13.8. The van der Waals surface area contributed by atoms with E-state index in [1.807, 2.05) is 0 Å². The van der Waals surface area contributed by atoms with Gasteiger partial charge in [0.1, 0.15) is 11.5 Å². The van der Waals surface area contributed by atoms with Gasteiger partial charge in [-0.05, 0) is 32.8 Å². The van der Waals surface area contributed by atoms with E-state index >= 15 is 0 Å². The summed E-state index contributed by atoms with van der Waals surface area (Å²) in [4.78, 5) is 7.03. The zero-order valence-electron chi connectivity index (χ0n) is 24.5. The van der Waals surface area contributed by atoms with Crippen molar-refractivity contribution in [1.29, 1.82) is 0 Å². The summed E-state index contributed by atoms with van der Waals surface area (Å²) in [6.07, 6.45) is -4.85. The normalized spacial score (nSPS) is 14.6. The zero-order valence-corrected chi connectivity index (χ0v) is 26.9. The standard InChI is InChI=1S/C15H9F5N4.C13H12F3N6.Ir/c1-7-12(22-23-13(7)15(18,19)20)14-21-11(6-24(14)2)9-4-3-8(16)5-10(9)17;1-19-8-21(6-17-19)11-3-10(13(14,15)16)4-12(5-11)22-7-18-20(2)9-22;/h3,5-6H,1-2H3;3-4,6-9H,1-2H3;/q-2;-3;. The van der Waals surface area contributed by atoms with E-state index in [4.69, 9.17) is 0 Å². The van der Waals surface area contributed by atoms with Crippen LogP contribution in [0.25, 0.3) is 22.8 Å². The van der Waals surface area contributed by atoms with E-state index in [1.165, 1.54) is 57.2 Å². The molecule has 0 bridgehead atoms. The number of nitrogens with zero attached hydrogens (tertiary/aromatic N) is 10. The van der Waals surface area contributed by atoms with Gasteiger partial charge in [0.15, 0.2) is 0 Å². The number of hydrogen-bond acceptors (Lipinski definition) is 8. The third-order valence-corrected chi connectivity index (χ3v) is 6.45. The molecule has 4 heterocycles. The van der Waals surface area contributed by atoms with Crippen molar-refractivity contribution in [3.8, 4) is 22.8 Å². The van der Waals surface area contributed by atoms with Crippen molar-refractivity contribution in [3.05, 3.63) is 84.4 Å². The van der Waals surface area contributed by atoms with Crippen molar-refractivity contribution in [2.75, 3.05) is 23.9 Å². The van der Waals surface area contributed by atoms with Crippen molar-refractivity contribution in [2.24, 2.45) is 17.3 Å². The summed E-state index contributed by atoms with van der Waals surface area (Å²) < 4.78 is 106. The summed E-state index contributed by atoms with van der Waals surface area (Å²) >= 11 is 0. The first-order valence-electron chi connectivity index (χ1n) is 12.9. The van der Waals surface area contributed by atoms with Crippen LogP contribution in [0, 0.1) is 44.0 Å². The van der Waals surface area contributed by atoms with Gasteiger partial charge in [-0.2, -0.15) is 26.3 Å². The molecule has 0 saturated carbocycles. The van der Waals surface area contributed by atoms with Crippen LogP contribution in [0.5, 0.6) is 0 Å². The summed E-state index contributed by atoms with van der Waals surface area (Å²) in [6.45, 7) is 4.35. The van der Waals surface area contributed by atoms with Crippen LogP contribution in [0.15, 0.2) is 40.7 Å². The molecule has 2 aliphatic rings. The van der Waals surface area contributed by atoms with Crippen molar-refractivity contribution in [3.63, 3.8) is 0 Å². The molecule has 0 N–H and O–H groups in total. The first-order valence-corrected chi connectivity index (χ1v) is 12.9. The maximum absolute atomic E-state index is 13.8. The van der Waals surface area contributed by atoms with Gasteiger partial charge in [-0.25, -0.2) is 10.2 Å². The molecule has 2 aromatic heterocycles. The fraction of sp³-hybridized carbons (Fsp3) is 0.214. The second kappa shape index (κ2) is 13.3. The minimum Gasteiger partial charge on any atom is -0.572 e. The fourth-order valence-corrected chi connectivity index (χ4v) is 4.28. The van der Waals surface area contributed by atoms with Crippen LogP contribution in [0.1, 0.15) is 16.8 Å².